The zero-order valence-electron chi connectivity index (χ0n) is 11.4. The molecule has 1 amide bonds. The number of hydrogen-bond acceptors (Lipinski definition) is 3. The Kier molecular flexibility index (Phi) is 5.16. The summed E-state index contributed by atoms with van der Waals surface area (Å²) in [6.45, 7) is 5.79. The minimum Gasteiger partial charge on any atom is -0.497 e. The lowest BCUT2D eigenvalue weighted by atomic mass is 10.0. The van der Waals surface area contributed by atoms with E-state index in [2.05, 4.69) is 5.32 Å². The Morgan fingerprint density at radius 3 is 2.56 bits per heavy atom. The third-order valence-corrected chi connectivity index (χ3v) is 2.97. The van der Waals surface area contributed by atoms with Crippen LogP contribution in [-0.2, 0) is 4.79 Å². The molecule has 0 saturated carbocycles. The van der Waals surface area contributed by atoms with Gasteiger partial charge in [0.15, 0.2) is 0 Å². The van der Waals surface area contributed by atoms with E-state index in [1.165, 1.54) is 0 Å². The number of carbonyl (C=O) groups is 1. The smallest absolute Gasteiger partial charge is 0.237 e. The summed E-state index contributed by atoms with van der Waals surface area (Å²) >= 11 is 0. The van der Waals surface area contributed by atoms with Crippen LogP contribution in [-0.4, -0.2) is 19.1 Å². The van der Waals surface area contributed by atoms with Gasteiger partial charge in [0.2, 0.25) is 5.91 Å². The van der Waals surface area contributed by atoms with Crippen molar-refractivity contribution in [1.82, 2.24) is 5.32 Å². The topological polar surface area (TPSA) is 64.3 Å². The monoisotopic (exact) mass is 250 g/mol. The molecular weight excluding hydrogens is 228 g/mol. The molecule has 1 rings (SSSR count). The summed E-state index contributed by atoms with van der Waals surface area (Å²) in [5.41, 5.74) is 6.80. The molecule has 1 unspecified atom stereocenters. The quantitative estimate of drug-likeness (QED) is 0.838. The fourth-order valence-corrected chi connectivity index (χ4v) is 1.61. The molecule has 0 aliphatic rings. The Bertz CT molecular complexity index is 405. The third kappa shape index (κ3) is 3.74. The first kappa shape index (κ1) is 14.5. The molecule has 1 aromatic rings. The van der Waals surface area contributed by atoms with Crippen molar-refractivity contribution in [3.05, 3.63) is 29.8 Å². The van der Waals surface area contributed by atoms with E-state index >= 15 is 0 Å². The van der Waals surface area contributed by atoms with Crippen LogP contribution in [0.1, 0.15) is 32.4 Å². The van der Waals surface area contributed by atoms with Gasteiger partial charge in [-0.15, -0.1) is 0 Å². The van der Waals surface area contributed by atoms with Crippen molar-refractivity contribution in [2.45, 2.75) is 32.9 Å². The molecule has 0 saturated heterocycles. The first-order valence-electron chi connectivity index (χ1n) is 6.15. The zero-order chi connectivity index (χ0) is 13.7. The fraction of sp³-hybridized carbons (Fsp3) is 0.500. The molecule has 0 fully saturated rings. The van der Waals surface area contributed by atoms with Crippen LogP contribution in [0.3, 0.4) is 0 Å². The van der Waals surface area contributed by atoms with Gasteiger partial charge in [0.25, 0.3) is 0 Å². The molecule has 18 heavy (non-hydrogen) atoms. The second-order valence-electron chi connectivity index (χ2n) is 4.78. The second-order valence-corrected chi connectivity index (χ2v) is 4.78. The lowest BCUT2D eigenvalue weighted by Crippen LogP contribution is -2.44. The van der Waals surface area contributed by atoms with Gasteiger partial charge in [0.1, 0.15) is 5.75 Å². The van der Waals surface area contributed by atoms with Gasteiger partial charge in [-0.05, 0) is 30.5 Å². The summed E-state index contributed by atoms with van der Waals surface area (Å²) < 4.78 is 5.16. The molecule has 3 N–H and O–H groups in total. The minimum absolute atomic E-state index is 0.0857. The maximum Gasteiger partial charge on any atom is 0.237 e. The number of methoxy groups -OCH3 is 1. The van der Waals surface area contributed by atoms with Crippen molar-refractivity contribution in [1.29, 1.82) is 0 Å². The normalized spacial score (nSPS) is 14.1. The Hall–Kier alpha value is -1.55. The van der Waals surface area contributed by atoms with Crippen LogP contribution in [0.15, 0.2) is 24.3 Å². The Morgan fingerprint density at radius 2 is 2.00 bits per heavy atom. The predicted molar refractivity (Wildman–Crippen MR) is 72.4 cm³/mol. The molecule has 0 bridgehead atoms. The molecule has 4 heteroatoms. The lowest BCUT2D eigenvalue weighted by Gasteiger charge is -2.20. The first-order chi connectivity index (χ1) is 8.45. The van der Waals surface area contributed by atoms with Crippen molar-refractivity contribution in [3.63, 3.8) is 0 Å². The zero-order valence-corrected chi connectivity index (χ0v) is 11.4. The van der Waals surface area contributed by atoms with Crippen LogP contribution in [0.5, 0.6) is 5.75 Å². The van der Waals surface area contributed by atoms with E-state index in [4.69, 9.17) is 10.5 Å². The number of carbonyl (C=O) groups excluding carboxylic acids is 1. The Balaban J connectivity index is 2.70. The van der Waals surface area contributed by atoms with Gasteiger partial charge in [-0.25, -0.2) is 0 Å². The lowest BCUT2D eigenvalue weighted by molar-refractivity contribution is -0.123. The first-order valence-corrected chi connectivity index (χ1v) is 6.15. The van der Waals surface area contributed by atoms with Crippen molar-refractivity contribution >= 4 is 5.91 Å². The number of nitrogens with two attached hydrogens (primary N) is 1. The van der Waals surface area contributed by atoms with Gasteiger partial charge in [0.05, 0.1) is 19.2 Å². The summed E-state index contributed by atoms with van der Waals surface area (Å²) in [4.78, 5) is 11.9. The van der Waals surface area contributed by atoms with E-state index in [-0.39, 0.29) is 17.9 Å². The Labute approximate surface area is 109 Å². The molecule has 0 radical (unpaired) electrons. The third-order valence-electron chi connectivity index (χ3n) is 2.97. The van der Waals surface area contributed by atoms with E-state index in [0.717, 1.165) is 11.3 Å². The number of rotatable bonds is 5. The Morgan fingerprint density at radius 1 is 1.33 bits per heavy atom. The molecule has 2 atom stereocenters. The molecule has 0 spiro atoms. The summed E-state index contributed by atoms with van der Waals surface area (Å²) in [6, 6.07) is 7.08. The van der Waals surface area contributed by atoms with E-state index in [1.807, 2.05) is 45.0 Å². The standard InChI is InChI=1S/C14H22N2O2/c1-9(2)13(15)14(17)16-10(3)11-6-5-7-12(8-11)18-4/h5-10,13H,15H2,1-4H3,(H,16,17)/t10-,13?/m0/s1. The van der Waals surface area contributed by atoms with Crippen LogP contribution in [0, 0.1) is 5.92 Å². The highest BCUT2D eigenvalue weighted by atomic mass is 16.5. The molecule has 4 nitrogen and oxygen atoms in total. The molecule has 0 aliphatic heterocycles. The SMILES string of the molecule is COc1cccc([C@H](C)NC(=O)C(N)C(C)C)c1. The number of ether oxygens (including phenoxy) is 1. The molecule has 0 aromatic heterocycles. The van der Waals surface area contributed by atoms with Crippen molar-refractivity contribution < 1.29 is 9.53 Å². The molecule has 0 heterocycles. The van der Waals surface area contributed by atoms with E-state index in [1.54, 1.807) is 7.11 Å². The summed E-state index contributed by atoms with van der Waals surface area (Å²) in [5, 5.41) is 2.91. The maximum atomic E-state index is 11.9. The predicted octanol–water partition coefficient (Wildman–Crippen LogP) is 1.86. The van der Waals surface area contributed by atoms with Gasteiger partial charge >= 0.3 is 0 Å². The van der Waals surface area contributed by atoms with Crippen LogP contribution in [0.25, 0.3) is 0 Å². The van der Waals surface area contributed by atoms with Gasteiger partial charge in [-0.2, -0.15) is 0 Å². The average molecular weight is 250 g/mol. The summed E-state index contributed by atoms with van der Waals surface area (Å²) in [7, 11) is 1.62. The van der Waals surface area contributed by atoms with Gasteiger partial charge in [0, 0.05) is 0 Å². The maximum absolute atomic E-state index is 11.9. The van der Waals surface area contributed by atoms with Crippen LogP contribution < -0.4 is 15.8 Å². The number of nitrogens with one attached hydrogen (secondary N) is 1. The van der Waals surface area contributed by atoms with E-state index in [9.17, 15) is 4.79 Å². The van der Waals surface area contributed by atoms with Crippen molar-refractivity contribution in [3.8, 4) is 5.75 Å². The van der Waals surface area contributed by atoms with Crippen LogP contribution in [0.4, 0.5) is 0 Å². The number of benzene rings is 1. The highest BCUT2D eigenvalue weighted by molar-refractivity contribution is 5.82. The molecule has 1 aromatic carbocycles. The van der Waals surface area contributed by atoms with Gasteiger partial charge in [-0.3, -0.25) is 4.79 Å². The van der Waals surface area contributed by atoms with Gasteiger partial charge in [-0.1, -0.05) is 26.0 Å². The number of hydrogen-bond donors (Lipinski definition) is 2. The summed E-state index contributed by atoms with van der Waals surface area (Å²) in [6.07, 6.45) is 0. The average Bonchev–Trinajstić information content (AvgIpc) is 2.37. The minimum atomic E-state index is -0.474. The van der Waals surface area contributed by atoms with E-state index < -0.39 is 6.04 Å². The highest BCUT2D eigenvalue weighted by Gasteiger charge is 2.19. The fourth-order valence-electron chi connectivity index (χ4n) is 1.61. The number of amides is 1. The summed E-state index contributed by atoms with van der Waals surface area (Å²) in [5.74, 6) is 0.782. The van der Waals surface area contributed by atoms with Crippen molar-refractivity contribution in [2.24, 2.45) is 11.7 Å². The molecular formula is C14H22N2O2. The van der Waals surface area contributed by atoms with Crippen molar-refractivity contribution in [2.75, 3.05) is 7.11 Å². The molecule has 0 aliphatic carbocycles. The largest absolute Gasteiger partial charge is 0.497 e. The van der Waals surface area contributed by atoms with Crippen LogP contribution >= 0.6 is 0 Å². The van der Waals surface area contributed by atoms with Crippen LogP contribution in [0.2, 0.25) is 0 Å². The highest BCUT2D eigenvalue weighted by Crippen LogP contribution is 2.18. The second kappa shape index (κ2) is 6.40. The molecule has 100 valence electrons. The van der Waals surface area contributed by atoms with E-state index in [0.29, 0.717) is 0 Å². The van der Waals surface area contributed by atoms with Gasteiger partial charge < -0.3 is 15.8 Å².